The Morgan fingerprint density at radius 2 is 1.52 bits per heavy atom. The lowest BCUT2D eigenvalue weighted by molar-refractivity contribution is -0.194. The number of carbonyl (C=O) groups excluding carboxylic acids is 2. The lowest BCUT2D eigenvalue weighted by Gasteiger charge is -2.40. The zero-order valence-electron chi connectivity index (χ0n) is 43.4. The summed E-state index contributed by atoms with van der Waals surface area (Å²) in [6.07, 6.45) is 20.9. The summed E-state index contributed by atoms with van der Waals surface area (Å²) in [6, 6.07) is 1.24. The van der Waals surface area contributed by atoms with Gasteiger partial charge in [-0.15, -0.1) is 0 Å². The number of unbranched alkanes of at least 4 members (excludes halogenated alkanes) is 6. The van der Waals surface area contributed by atoms with E-state index in [4.69, 9.17) is 29.0 Å². The maximum Gasteiger partial charge on any atom is 0.481 e. The molecule has 21 nitrogen and oxygen atoms in total. The van der Waals surface area contributed by atoms with Gasteiger partial charge in [-0.25, -0.2) is 13.9 Å². The van der Waals surface area contributed by atoms with Crippen LogP contribution in [0.15, 0.2) is 90.0 Å². The number of phosphoric ester groups is 2. The van der Waals surface area contributed by atoms with Crippen LogP contribution < -0.4 is 11.4 Å². The molecule has 1 saturated heterocycles. The third-order valence-corrected chi connectivity index (χ3v) is 14.9. The number of carbonyl (C=O) groups is 2. The Labute approximate surface area is 441 Å². The summed E-state index contributed by atoms with van der Waals surface area (Å²) in [7, 11) is -11.3. The SMILES string of the molecule is CC/C=C\C/C=C\C/C=C\C/C=C\CCCCCCC(=O)O[C@@H]1COC(=O)CCC/C=C\C[C@@H]2[C@H](n3ccc(N)nc3=O)O[C@H](COP(=O)(O)OP(=O)(O)OC1)[C@@H](O)[C@@H](O)[C@@H](/C=C/[C@@H](O)CCCCC)[C@H](O)C[C@@H]2O. The van der Waals surface area contributed by atoms with E-state index in [0.29, 0.717) is 32.1 Å². The van der Waals surface area contributed by atoms with Crippen molar-refractivity contribution in [3.05, 3.63) is 95.7 Å². The summed E-state index contributed by atoms with van der Waals surface area (Å²) in [4.78, 5) is 64.3. The number of anilines is 1. The van der Waals surface area contributed by atoms with Crippen molar-refractivity contribution in [3.8, 4) is 0 Å². The van der Waals surface area contributed by atoms with Crippen LogP contribution in [0.3, 0.4) is 0 Å². The van der Waals surface area contributed by atoms with Crippen LogP contribution in [0.5, 0.6) is 0 Å². The Bertz CT molecular complexity index is 2170. The number of aliphatic hydroxyl groups excluding tert-OH is 5. The molecule has 0 radical (unpaired) electrons. The Morgan fingerprint density at radius 3 is 2.20 bits per heavy atom. The molecule has 2 unspecified atom stereocenters. The summed E-state index contributed by atoms with van der Waals surface area (Å²) >= 11 is 0. The summed E-state index contributed by atoms with van der Waals surface area (Å²) in [5.41, 5.74) is 4.78. The molecule has 2 bridgehead atoms. The van der Waals surface area contributed by atoms with Crippen molar-refractivity contribution in [3.63, 3.8) is 0 Å². The zero-order chi connectivity index (χ0) is 55.1. The normalized spacial score (nSPS) is 30.5. The molecule has 1 fully saturated rings. The Hall–Kier alpha value is -3.92. The van der Waals surface area contributed by atoms with Crippen LogP contribution in [0.25, 0.3) is 0 Å². The minimum absolute atomic E-state index is 0.0310. The molecule has 3 heterocycles. The summed E-state index contributed by atoms with van der Waals surface area (Å²) in [6.45, 7) is 1.34. The van der Waals surface area contributed by atoms with Gasteiger partial charge in [0.2, 0.25) is 0 Å². The predicted octanol–water partition coefficient (Wildman–Crippen LogP) is 7.27. The van der Waals surface area contributed by atoms with Crippen molar-refractivity contribution in [1.82, 2.24) is 9.55 Å². The summed E-state index contributed by atoms with van der Waals surface area (Å²) < 4.78 is 59.1. The average Bonchev–Trinajstić information content (AvgIpc) is 3.35. The van der Waals surface area contributed by atoms with E-state index in [2.05, 4.69) is 64.8 Å². The van der Waals surface area contributed by atoms with Gasteiger partial charge in [-0.3, -0.25) is 23.2 Å². The lowest BCUT2D eigenvalue weighted by atomic mass is 9.82. The van der Waals surface area contributed by atoms with Gasteiger partial charge in [0.1, 0.15) is 30.9 Å². The molecule has 0 spiro atoms. The largest absolute Gasteiger partial charge is 0.481 e. The molecule has 0 aliphatic carbocycles. The first-order chi connectivity index (χ1) is 35.9. The minimum atomic E-state index is -5.72. The third-order valence-electron chi connectivity index (χ3n) is 12.3. The molecule has 12 atom stereocenters. The maximum atomic E-state index is 13.4. The second kappa shape index (κ2) is 36.2. The molecule has 1 aromatic heterocycles. The van der Waals surface area contributed by atoms with Gasteiger partial charge in [0.25, 0.3) is 0 Å². The molecular formula is C52H83N3O18P2. The molecule has 0 saturated carbocycles. The van der Waals surface area contributed by atoms with Gasteiger partial charge >= 0.3 is 33.3 Å². The smallest absolute Gasteiger partial charge is 0.462 e. The second-order valence-electron chi connectivity index (χ2n) is 18.6. The first-order valence-corrected chi connectivity index (χ1v) is 29.2. The quantitative estimate of drug-likeness (QED) is 0.0245. The number of aliphatic hydroxyl groups is 5. The lowest BCUT2D eigenvalue weighted by Crippen LogP contribution is -2.52. The van der Waals surface area contributed by atoms with Crippen LogP contribution >= 0.6 is 15.6 Å². The summed E-state index contributed by atoms with van der Waals surface area (Å²) in [5, 5.41) is 57.5. The highest BCUT2D eigenvalue weighted by atomic mass is 31.3. The number of hydrogen-bond donors (Lipinski definition) is 8. The number of nitrogens with two attached hydrogens (primary N) is 1. The fourth-order valence-electron chi connectivity index (χ4n) is 8.17. The standard InChI is InChI=1S/C52H83N3O18P2/c1-3-5-7-8-9-10-11-12-13-14-15-16-17-18-19-20-26-30-48(60)71-40-36-68-47(59)29-25-22-21-24-28-42-44(58)35-43(57)41(32-31-39(56)27-23-6-4-2)49(61)50(62)45(38-70-75(66,67)73-74(64,65)69-37-40)72-51(42)55-34-33-46(53)54-52(55)63/h5,7,9-10,12-13,15-16,21,24,31-34,39-45,49-51,56-58,61-62H,3-4,6,8,11,14,17-20,22-23,25-30,35-38H2,1-2H3,(H,64,65)(H,66,67)(H2,53,54,63)/b7-5-,10-9-,13-12-,16-15-,24-21-,32-31+/t39-,40+,41-,42-,43+,44-,45+,49-,50+,51+/m0/s1. The van der Waals surface area contributed by atoms with Crippen LogP contribution in [0.2, 0.25) is 0 Å². The summed E-state index contributed by atoms with van der Waals surface area (Å²) in [5.74, 6) is -4.20. The Morgan fingerprint density at radius 1 is 0.853 bits per heavy atom. The van der Waals surface area contributed by atoms with Gasteiger partial charge in [-0.2, -0.15) is 9.29 Å². The average molecular weight is 1100 g/mol. The minimum Gasteiger partial charge on any atom is -0.462 e. The molecule has 424 valence electrons. The highest BCUT2D eigenvalue weighted by Gasteiger charge is 2.45. The number of cyclic esters (lactones) is 1. The number of phosphoric acid groups is 2. The topological polar surface area (TPSA) is 326 Å². The first-order valence-electron chi connectivity index (χ1n) is 26.2. The Kier molecular flexibility index (Phi) is 31.6. The van der Waals surface area contributed by atoms with Crippen LogP contribution in [0.1, 0.15) is 142 Å². The van der Waals surface area contributed by atoms with Crippen molar-refractivity contribution in [2.75, 3.05) is 25.6 Å². The van der Waals surface area contributed by atoms with Gasteiger partial charge in [0.15, 0.2) is 6.10 Å². The molecular weight excluding hydrogens is 1020 g/mol. The number of ether oxygens (including phenoxy) is 3. The fraction of sp³-hybridized carbons (Fsp3) is 0.654. The number of esters is 2. The third kappa shape index (κ3) is 26.8. The highest BCUT2D eigenvalue weighted by molar-refractivity contribution is 7.61. The first kappa shape index (κ1) is 65.4. The van der Waals surface area contributed by atoms with Gasteiger partial charge in [-0.1, -0.05) is 119 Å². The molecule has 3 rings (SSSR count). The molecule has 23 heteroatoms. The number of nitrogens with zero attached hydrogens (tertiary/aromatic N) is 2. The van der Waals surface area contributed by atoms with E-state index in [1.807, 2.05) is 6.92 Å². The van der Waals surface area contributed by atoms with E-state index in [1.165, 1.54) is 24.4 Å². The maximum absolute atomic E-state index is 13.4. The highest BCUT2D eigenvalue weighted by Crippen LogP contribution is 2.60. The Balaban J connectivity index is 1.78. The van der Waals surface area contributed by atoms with E-state index in [9.17, 15) is 58.8 Å². The molecule has 1 aromatic rings. The van der Waals surface area contributed by atoms with E-state index in [-0.39, 0.29) is 31.5 Å². The van der Waals surface area contributed by atoms with Gasteiger partial charge < -0.3 is 55.3 Å². The molecule has 75 heavy (non-hydrogen) atoms. The monoisotopic (exact) mass is 1100 g/mol. The fourth-order valence-corrected chi connectivity index (χ4v) is 10.3. The molecule has 9 N–H and O–H groups in total. The number of aromatic nitrogens is 2. The van der Waals surface area contributed by atoms with Crippen molar-refractivity contribution in [2.24, 2.45) is 11.8 Å². The van der Waals surface area contributed by atoms with Crippen LogP contribution in [0, 0.1) is 11.8 Å². The van der Waals surface area contributed by atoms with E-state index in [0.717, 1.165) is 62.4 Å². The van der Waals surface area contributed by atoms with E-state index in [1.54, 1.807) is 12.2 Å². The van der Waals surface area contributed by atoms with Crippen LogP contribution in [-0.2, 0) is 46.3 Å². The molecule has 0 amide bonds. The number of hydrogen-bond acceptors (Lipinski definition) is 18. The predicted molar refractivity (Wildman–Crippen MR) is 281 cm³/mol. The van der Waals surface area contributed by atoms with Crippen molar-refractivity contribution >= 4 is 33.4 Å². The number of nitrogen functional groups attached to an aromatic ring is 1. The van der Waals surface area contributed by atoms with Crippen LogP contribution in [0.4, 0.5) is 5.82 Å². The molecule has 0 aromatic carbocycles. The number of rotatable bonds is 22. The molecule has 2 aliphatic rings. The number of fused-ring (bicyclic) bond motifs is 3. The second-order valence-corrected chi connectivity index (χ2v) is 21.7. The van der Waals surface area contributed by atoms with E-state index < -0.39 is 120 Å². The van der Waals surface area contributed by atoms with Crippen molar-refractivity contribution < 1.29 is 81.6 Å². The van der Waals surface area contributed by atoms with Gasteiger partial charge in [0.05, 0.1) is 37.6 Å². The van der Waals surface area contributed by atoms with Crippen LogP contribution in [-0.4, -0.2) is 119 Å². The molecule has 2 aliphatic heterocycles. The van der Waals surface area contributed by atoms with Crippen molar-refractivity contribution in [1.29, 1.82) is 0 Å². The zero-order valence-corrected chi connectivity index (χ0v) is 45.2. The number of allylic oxidation sites excluding steroid dienone is 10. The van der Waals surface area contributed by atoms with Crippen molar-refractivity contribution in [2.45, 2.75) is 185 Å². The van der Waals surface area contributed by atoms with Gasteiger partial charge in [-0.05, 0) is 76.7 Å². The van der Waals surface area contributed by atoms with Gasteiger partial charge in [0, 0.05) is 37.3 Å². The van der Waals surface area contributed by atoms with E-state index >= 15 is 0 Å².